The van der Waals surface area contributed by atoms with Crippen molar-refractivity contribution >= 4 is 23.2 Å². The molecule has 1 aromatic heterocycles. The van der Waals surface area contributed by atoms with Gasteiger partial charge in [0, 0.05) is 24.7 Å². The fourth-order valence-electron chi connectivity index (χ4n) is 2.74. The zero-order valence-corrected chi connectivity index (χ0v) is 16.6. The summed E-state index contributed by atoms with van der Waals surface area (Å²) >= 11 is 6.02. The fraction of sp³-hybridized carbons (Fsp3) is 0.200. The van der Waals surface area contributed by atoms with E-state index in [0.717, 1.165) is 17.0 Å². The first-order valence-corrected chi connectivity index (χ1v) is 9.14. The van der Waals surface area contributed by atoms with Crippen LogP contribution in [0, 0.1) is 17.0 Å². The summed E-state index contributed by atoms with van der Waals surface area (Å²) in [6.07, 6.45) is 0. The molecule has 1 heterocycles. The van der Waals surface area contributed by atoms with Crippen molar-refractivity contribution in [3.63, 3.8) is 0 Å². The van der Waals surface area contributed by atoms with Gasteiger partial charge >= 0.3 is 0 Å². The van der Waals surface area contributed by atoms with E-state index in [0.29, 0.717) is 17.9 Å². The number of rotatable bonds is 7. The molecule has 0 aliphatic heterocycles. The SMILES string of the molecule is Cc1cc(CNC(=O)c2ccc(COc3ccc([N+](=O)[O-])cc3Cl)cc2)n(C)n1. The molecule has 29 heavy (non-hydrogen) atoms. The van der Waals surface area contributed by atoms with E-state index in [2.05, 4.69) is 10.4 Å². The molecule has 2 aromatic carbocycles. The maximum atomic E-state index is 12.3. The van der Waals surface area contributed by atoms with Crippen molar-refractivity contribution in [3.8, 4) is 5.75 Å². The van der Waals surface area contributed by atoms with E-state index in [1.54, 1.807) is 28.9 Å². The first kappa shape index (κ1) is 20.3. The van der Waals surface area contributed by atoms with Crippen molar-refractivity contribution in [3.05, 3.63) is 86.2 Å². The maximum Gasteiger partial charge on any atom is 0.271 e. The van der Waals surface area contributed by atoms with Crippen LogP contribution in [0.5, 0.6) is 5.75 Å². The Kier molecular flexibility index (Phi) is 6.13. The van der Waals surface area contributed by atoms with Gasteiger partial charge in [0.05, 0.1) is 27.9 Å². The van der Waals surface area contributed by atoms with Crippen LogP contribution in [0.15, 0.2) is 48.5 Å². The zero-order chi connectivity index (χ0) is 21.0. The van der Waals surface area contributed by atoms with Crippen LogP contribution in [0.2, 0.25) is 5.02 Å². The number of halogens is 1. The molecule has 0 aliphatic carbocycles. The Morgan fingerprint density at radius 1 is 1.24 bits per heavy atom. The summed E-state index contributed by atoms with van der Waals surface area (Å²) in [6.45, 7) is 2.50. The Bertz CT molecular complexity index is 1050. The van der Waals surface area contributed by atoms with Gasteiger partial charge in [-0.1, -0.05) is 23.7 Å². The number of hydrogen-bond donors (Lipinski definition) is 1. The molecular formula is C20H19ClN4O4. The summed E-state index contributed by atoms with van der Waals surface area (Å²) in [4.78, 5) is 22.5. The number of carbonyl (C=O) groups excluding carboxylic acids is 1. The molecule has 0 fully saturated rings. The highest BCUT2D eigenvalue weighted by Crippen LogP contribution is 2.29. The monoisotopic (exact) mass is 414 g/mol. The van der Waals surface area contributed by atoms with Gasteiger partial charge in [-0.25, -0.2) is 0 Å². The van der Waals surface area contributed by atoms with Gasteiger partial charge in [0.2, 0.25) is 0 Å². The highest BCUT2D eigenvalue weighted by atomic mass is 35.5. The van der Waals surface area contributed by atoms with Crippen LogP contribution in [0.25, 0.3) is 0 Å². The Morgan fingerprint density at radius 3 is 2.55 bits per heavy atom. The van der Waals surface area contributed by atoms with Crippen LogP contribution in [0.3, 0.4) is 0 Å². The Balaban J connectivity index is 1.56. The van der Waals surface area contributed by atoms with E-state index in [4.69, 9.17) is 16.3 Å². The third-order valence-electron chi connectivity index (χ3n) is 4.27. The standard InChI is InChI=1S/C20H19ClN4O4/c1-13-9-17(24(2)23-13)11-22-20(26)15-5-3-14(4-6-15)12-29-19-8-7-16(25(27)28)10-18(19)21/h3-10H,11-12H2,1-2H3,(H,22,26). The molecule has 0 saturated heterocycles. The van der Waals surface area contributed by atoms with E-state index in [1.165, 1.54) is 18.2 Å². The first-order chi connectivity index (χ1) is 13.8. The molecular weight excluding hydrogens is 396 g/mol. The summed E-state index contributed by atoms with van der Waals surface area (Å²) in [5.74, 6) is 0.167. The molecule has 1 N–H and O–H groups in total. The van der Waals surface area contributed by atoms with E-state index in [1.807, 2.05) is 20.0 Å². The van der Waals surface area contributed by atoms with Crippen LogP contribution in [0.1, 0.15) is 27.3 Å². The van der Waals surface area contributed by atoms with Gasteiger partial charge in [-0.05, 0) is 36.8 Å². The Hall–Kier alpha value is -3.39. The topological polar surface area (TPSA) is 99.3 Å². The van der Waals surface area contributed by atoms with Crippen LogP contribution in [-0.2, 0) is 20.2 Å². The second kappa shape index (κ2) is 8.74. The highest BCUT2D eigenvalue weighted by molar-refractivity contribution is 6.32. The van der Waals surface area contributed by atoms with Crippen molar-refractivity contribution in [2.24, 2.45) is 7.05 Å². The number of benzene rings is 2. The van der Waals surface area contributed by atoms with E-state index >= 15 is 0 Å². The van der Waals surface area contributed by atoms with Crippen LogP contribution in [0.4, 0.5) is 5.69 Å². The highest BCUT2D eigenvalue weighted by Gasteiger charge is 2.11. The molecule has 1 amide bonds. The number of non-ortho nitro benzene ring substituents is 1. The lowest BCUT2D eigenvalue weighted by Gasteiger charge is -2.09. The number of nitro groups is 1. The van der Waals surface area contributed by atoms with Crippen molar-refractivity contribution in [2.45, 2.75) is 20.1 Å². The number of ether oxygens (including phenoxy) is 1. The number of hydrogen-bond acceptors (Lipinski definition) is 5. The van der Waals surface area contributed by atoms with Gasteiger partial charge < -0.3 is 10.1 Å². The predicted molar refractivity (Wildman–Crippen MR) is 108 cm³/mol. The molecule has 0 saturated carbocycles. The maximum absolute atomic E-state index is 12.3. The minimum atomic E-state index is -0.519. The minimum Gasteiger partial charge on any atom is -0.487 e. The number of aryl methyl sites for hydroxylation is 2. The van der Waals surface area contributed by atoms with Gasteiger partial charge in [-0.3, -0.25) is 19.6 Å². The average molecular weight is 415 g/mol. The second-order valence-corrected chi connectivity index (χ2v) is 6.85. The third-order valence-corrected chi connectivity index (χ3v) is 4.56. The molecule has 0 aliphatic rings. The second-order valence-electron chi connectivity index (χ2n) is 6.44. The molecule has 3 aromatic rings. The molecule has 0 bridgehead atoms. The molecule has 9 heteroatoms. The average Bonchev–Trinajstić information content (AvgIpc) is 3.02. The Morgan fingerprint density at radius 2 is 1.97 bits per heavy atom. The van der Waals surface area contributed by atoms with Crippen molar-refractivity contribution < 1.29 is 14.5 Å². The number of nitro benzene ring substituents is 1. The summed E-state index contributed by atoms with van der Waals surface area (Å²) < 4.78 is 7.35. The lowest BCUT2D eigenvalue weighted by molar-refractivity contribution is -0.384. The van der Waals surface area contributed by atoms with Crippen LogP contribution in [-0.4, -0.2) is 20.6 Å². The number of aromatic nitrogens is 2. The molecule has 0 unspecified atom stereocenters. The zero-order valence-electron chi connectivity index (χ0n) is 15.9. The number of nitrogens with one attached hydrogen (secondary N) is 1. The molecule has 8 nitrogen and oxygen atoms in total. The summed E-state index contributed by atoms with van der Waals surface area (Å²) in [7, 11) is 1.83. The van der Waals surface area contributed by atoms with Crippen LogP contribution < -0.4 is 10.1 Å². The predicted octanol–water partition coefficient (Wildman–Crippen LogP) is 3.80. The molecule has 0 radical (unpaired) electrons. The molecule has 0 atom stereocenters. The van der Waals surface area contributed by atoms with Crippen LogP contribution >= 0.6 is 11.6 Å². The number of nitrogens with zero attached hydrogens (tertiary/aromatic N) is 3. The quantitative estimate of drug-likeness (QED) is 0.468. The lowest BCUT2D eigenvalue weighted by Crippen LogP contribution is -2.24. The summed E-state index contributed by atoms with van der Waals surface area (Å²) in [6, 6.07) is 12.9. The normalized spacial score (nSPS) is 10.6. The van der Waals surface area contributed by atoms with Gasteiger partial charge in [0.1, 0.15) is 12.4 Å². The molecule has 3 rings (SSSR count). The van der Waals surface area contributed by atoms with Gasteiger partial charge in [0.25, 0.3) is 11.6 Å². The number of carbonyl (C=O) groups is 1. The van der Waals surface area contributed by atoms with E-state index in [9.17, 15) is 14.9 Å². The van der Waals surface area contributed by atoms with Gasteiger partial charge in [-0.2, -0.15) is 5.10 Å². The van der Waals surface area contributed by atoms with Crippen molar-refractivity contribution in [1.82, 2.24) is 15.1 Å². The van der Waals surface area contributed by atoms with Gasteiger partial charge in [0.15, 0.2) is 0 Å². The van der Waals surface area contributed by atoms with E-state index in [-0.39, 0.29) is 23.2 Å². The largest absolute Gasteiger partial charge is 0.487 e. The fourth-order valence-corrected chi connectivity index (χ4v) is 2.97. The summed E-state index contributed by atoms with van der Waals surface area (Å²) in [5.41, 5.74) is 3.08. The smallest absolute Gasteiger partial charge is 0.271 e. The Labute approximate surface area is 172 Å². The van der Waals surface area contributed by atoms with Crippen molar-refractivity contribution in [1.29, 1.82) is 0 Å². The van der Waals surface area contributed by atoms with Crippen molar-refractivity contribution in [2.75, 3.05) is 0 Å². The van der Waals surface area contributed by atoms with Gasteiger partial charge in [-0.15, -0.1) is 0 Å². The number of amides is 1. The third kappa shape index (κ3) is 5.11. The molecule has 150 valence electrons. The van der Waals surface area contributed by atoms with E-state index < -0.39 is 4.92 Å². The minimum absolute atomic E-state index is 0.0981. The molecule has 0 spiro atoms. The first-order valence-electron chi connectivity index (χ1n) is 8.77. The lowest BCUT2D eigenvalue weighted by atomic mass is 10.1. The summed E-state index contributed by atoms with van der Waals surface area (Å²) in [5, 5.41) is 18.0.